The fourth-order valence-electron chi connectivity index (χ4n) is 1.63. The van der Waals surface area contributed by atoms with E-state index in [0.29, 0.717) is 15.2 Å². The number of halogens is 3. The van der Waals surface area contributed by atoms with Gasteiger partial charge in [0.1, 0.15) is 11.6 Å². The van der Waals surface area contributed by atoms with Crippen molar-refractivity contribution < 1.29 is 13.9 Å². The minimum atomic E-state index is -0.527. The normalized spacial score (nSPS) is 10.2. The van der Waals surface area contributed by atoms with Crippen molar-refractivity contribution in [1.29, 1.82) is 0 Å². The first-order valence-electron chi connectivity index (χ1n) is 5.61. The lowest BCUT2D eigenvalue weighted by Gasteiger charge is -2.10. The van der Waals surface area contributed by atoms with E-state index in [2.05, 4.69) is 21.2 Å². The van der Waals surface area contributed by atoms with Gasteiger partial charge in [-0.2, -0.15) is 0 Å². The third-order valence-corrected chi connectivity index (χ3v) is 3.32. The molecule has 2 rings (SSSR count). The maximum Gasteiger partial charge on any atom is 0.259 e. The van der Waals surface area contributed by atoms with Crippen LogP contribution in [-0.2, 0) is 0 Å². The molecule has 2 aromatic carbocycles. The Morgan fingerprint density at radius 2 is 2.05 bits per heavy atom. The molecule has 20 heavy (non-hydrogen) atoms. The van der Waals surface area contributed by atoms with Crippen molar-refractivity contribution in [3.05, 3.63) is 57.3 Å². The van der Waals surface area contributed by atoms with Gasteiger partial charge in [0.25, 0.3) is 5.91 Å². The van der Waals surface area contributed by atoms with Gasteiger partial charge in [-0.25, -0.2) is 4.39 Å². The predicted octanol–water partition coefficient (Wildman–Crippen LogP) is 4.50. The van der Waals surface area contributed by atoms with E-state index in [1.54, 1.807) is 12.1 Å². The second-order valence-electron chi connectivity index (χ2n) is 3.92. The summed E-state index contributed by atoms with van der Waals surface area (Å²) in [7, 11) is 1.43. The van der Waals surface area contributed by atoms with Crippen molar-refractivity contribution in [3.8, 4) is 5.75 Å². The standard InChI is InChI=1S/C14H10BrClFNO2/c1-20-13-7-9(16)3-4-10(13)14(19)18-12-5-2-8(15)6-11(12)17/h2-7H,1H3,(H,18,19). The number of carbonyl (C=O) groups is 1. The summed E-state index contributed by atoms with van der Waals surface area (Å²) in [5.74, 6) is -0.673. The molecule has 0 aliphatic carbocycles. The first-order chi connectivity index (χ1) is 9.51. The van der Waals surface area contributed by atoms with E-state index in [-0.39, 0.29) is 11.3 Å². The van der Waals surface area contributed by atoms with Crippen LogP contribution < -0.4 is 10.1 Å². The number of hydrogen-bond acceptors (Lipinski definition) is 2. The van der Waals surface area contributed by atoms with Gasteiger partial charge < -0.3 is 10.1 Å². The molecule has 1 N–H and O–H groups in total. The molecule has 0 saturated heterocycles. The van der Waals surface area contributed by atoms with Gasteiger partial charge in [0, 0.05) is 9.50 Å². The fraction of sp³-hybridized carbons (Fsp3) is 0.0714. The van der Waals surface area contributed by atoms with E-state index < -0.39 is 11.7 Å². The number of nitrogens with one attached hydrogen (secondary N) is 1. The second kappa shape index (κ2) is 6.24. The number of hydrogen-bond donors (Lipinski definition) is 1. The van der Waals surface area contributed by atoms with Crippen LogP contribution >= 0.6 is 27.5 Å². The van der Waals surface area contributed by atoms with Crippen LogP contribution in [0.5, 0.6) is 5.75 Å². The molecule has 0 spiro atoms. The Bertz CT molecular complexity index is 664. The van der Waals surface area contributed by atoms with Crippen molar-refractivity contribution in [2.24, 2.45) is 0 Å². The van der Waals surface area contributed by atoms with Crippen molar-refractivity contribution in [3.63, 3.8) is 0 Å². The Hall–Kier alpha value is -1.59. The molecular formula is C14H10BrClFNO2. The maximum absolute atomic E-state index is 13.7. The monoisotopic (exact) mass is 357 g/mol. The Morgan fingerprint density at radius 1 is 1.30 bits per heavy atom. The highest BCUT2D eigenvalue weighted by molar-refractivity contribution is 9.10. The lowest BCUT2D eigenvalue weighted by Crippen LogP contribution is -2.14. The predicted molar refractivity (Wildman–Crippen MR) is 80.1 cm³/mol. The van der Waals surface area contributed by atoms with E-state index >= 15 is 0 Å². The number of anilines is 1. The van der Waals surface area contributed by atoms with Crippen molar-refractivity contribution >= 4 is 39.1 Å². The lowest BCUT2D eigenvalue weighted by molar-refractivity contribution is 0.102. The Kier molecular flexibility index (Phi) is 4.62. The quantitative estimate of drug-likeness (QED) is 0.877. The average Bonchev–Trinajstić information content (AvgIpc) is 2.41. The van der Waals surface area contributed by atoms with Crippen LogP contribution in [0.1, 0.15) is 10.4 Å². The number of rotatable bonds is 3. The smallest absolute Gasteiger partial charge is 0.259 e. The van der Waals surface area contributed by atoms with E-state index in [1.165, 1.54) is 31.4 Å². The van der Waals surface area contributed by atoms with Gasteiger partial charge in [-0.1, -0.05) is 27.5 Å². The summed E-state index contributed by atoms with van der Waals surface area (Å²) >= 11 is 8.98. The number of amides is 1. The number of ether oxygens (including phenoxy) is 1. The molecule has 0 fully saturated rings. The zero-order valence-electron chi connectivity index (χ0n) is 10.4. The molecule has 0 aliphatic rings. The van der Waals surface area contributed by atoms with Crippen molar-refractivity contribution in [2.75, 3.05) is 12.4 Å². The van der Waals surface area contributed by atoms with Crippen LogP contribution in [0.25, 0.3) is 0 Å². The zero-order chi connectivity index (χ0) is 14.7. The largest absolute Gasteiger partial charge is 0.496 e. The first kappa shape index (κ1) is 14.8. The van der Waals surface area contributed by atoms with Gasteiger partial charge in [-0.05, 0) is 36.4 Å². The van der Waals surface area contributed by atoms with E-state index in [0.717, 1.165) is 0 Å². The number of carbonyl (C=O) groups excluding carboxylic acids is 1. The molecular weight excluding hydrogens is 349 g/mol. The molecule has 0 aliphatic heterocycles. The second-order valence-corrected chi connectivity index (χ2v) is 5.28. The molecule has 2 aromatic rings. The topological polar surface area (TPSA) is 38.3 Å². The molecule has 6 heteroatoms. The minimum absolute atomic E-state index is 0.0928. The summed E-state index contributed by atoms with van der Waals surface area (Å²) in [5, 5.41) is 2.94. The third kappa shape index (κ3) is 3.29. The van der Waals surface area contributed by atoms with Gasteiger partial charge in [-0.3, -0.25) is 4.79 Å². The third-order valence-electron chi connectivity index (χ3n) is 2.59. The summed E-state index contributed by atoms with van der Waals surface area (Å²) < 4.78 is 19.4. The molecule has 0 atom stereocenters. The summed E-state index contributed by atoms with van der Waals surface area (Å²) in [6.45, 7) is 0. The van der Waals surface area contributed by atoms with Gasteiger partial charge in [0.2, 0.25) is 0 Å². The Morgan fingerprint density at radius 3 is 2.70 bits per heavy atom. The van der Waals surface area contributed by atoms with E-state index in [1.807, 2.05) is 0 Å². The van der Waals surface area contributed by atoms with Crippen LogP contribution in [0, 0.1) is 5.82 Å². The van der Waals surface area contributed by atoms with Crippen LogP contribution in [-0.4, -0.2) is 13.0 Å². The van der Waals surface area contributed by atoms with Crippen LogP contribution in [0.2, 0.25) is 5.02 Å². The zero-order valence-corrected chi connectivity index (χ0v) is 12.8. The highest BCUT2D eigenvalue weighted by Gasteiger charge is 2.14. The number of methoxy groups -OCH3 is 1. The summed E-state index contributed by atoms with van der Waals surface area (Å²) in [6, 6.07) is 8.99. The van der Waals surface area contributed by atoms with E-state index in [4.69, 9.17) is 16.3 Å². The van der Waals surface area contributed by atoms with Crippen LogP contribution in [0.15, 0.2) is 40.9 Å². The highest BCUT2D eigenvalue weighted by Crippen LogP contribution is 2.25. The highest BCUT2D eigenvalue weighted by atomic mass is 79.9. The molecule has 3 nitrogen and oxygen atoms in total. The van der Waals surface area contributed by atoms with Crippen LogP contribution in [0.3, 0.4) is 0 Å². The molecule has 0 radical (unpaired) electrons. The molecule has 1 amide bonds. The molecule has 0 aromatic heterocycles. The molecule has 104 valence electrons. The van der Waals surface area contributed by atoms with Crippen molar-refractivity contribution in [2.45, 2.75) is 0 Å². The van der Waals surface area contributed by atoms with Gasteiger partial charge in [0.15, 0.2) is 0 Å². The number of benzene rings is 2. The lowest BCUT2D eigenvalue weighted by atomic mass is 10.2. The first-order valence-corrected chi connectivity index (χ1v) is 6.78. The Balaban J connectivity index is 2.28. The van der Waals surface area contributed by atoms with Crippen molar-refractivity contribution in [1.82, 2.24) is 0 Å². The fourth-order valence-corrected chi connectivity index (χ4v) is 2.13. The SMILES string of the molecule is COc1cc(Cl)ccc1C(=O)Nc1ccc(Br)cc1F. The minimum Gasteiger partial charge on any atom is -0.496 e. The summed E-state index contributed by atoms with van der Waals surface area (Å²) in [6.07, 6.45) is 0. The summed E-state index contributed by atoms with van der Waals surface area (Å²) in [5.41, 5.74) is 0.370. The van der Waals surface area contributed by atoms with Gasteiger partial charge in [0.05, 0.1) is 18.4 Å². The van der Waals surface area contributed by atoms with Gasteiger partial charge in [-0.15, -0.1) is 0 Å². The van der Waals surface area contributed by atoms with Gasteiger partial charge >= 0.3 is 0 Å². The maximum atomic E-state index is 13.7. The molecule has 0 heterocycles. The Labute approximate surface area is 128 Å². The summed E-state index contributed by atoms with van der Waals surface area (Å²) in [4.78, 5) is 12.1. The molecule has 0 unspecified atom stereocenters. The van der Waals surface area contributed by atoms with Crippen LogP contribution in [0.4, 0.5) is 10.1 Å². The average molecular weight is 359 g/mol. The van der Waals surface area contributed by atoms with E-state index in [9.17, 15) is 9.18 Å². The molecule has 0 bridgehead atoms. The molecule has 0 saturated carbocycles.